The average molecular weight is 432 g/mol. The molecule has 1 aromatic rings. The second-order valence-electron chi connectivity index (χ2n) is 8.23. The first kappa shape index (κ1) is 25.2. The third-order valence-electron chi connectivity index (χ3n) is 5.50. The van der Waals surface area contributed by atoms with E-state index in [2.05, 4.69) is 48.3 Å². The van der Waals surface area contributed by atoms with E-state index in [1.165, 1.54) is 25.1 Å². The van der Waals surface area contributed by atoms with Gasteiger partial charge in [-0.2, -0.15) is 0 Å². The predicted molar refractivity (Wildman–Crippen MR) is 118 cm³/mol. The highest BCUT2D eigenvalue weighted by Gasteiger charge is 2.29. The minimum Gasteiger partial charge on any atom is -0.364 e. The molecule has 2 aliphatic heterocycles. The van der Waals surface area contributed by atoms with Crippen LogP contribution in [0, 0.1) is 11.8 Å². The second kappa shape index (κ2) is 12.0. The molecule has 0 saturated carbocycles. The zero-order valence-corrected chi connectivity index (χ0v) is 18.6. The summed E-state index contributed by atoms with van der Waals surface area (Å²) in [6, 6.07) is 8.60. The summed E-state index contributed by atoms with van der Waals surface area (Å²) >= 11 is 0. The quantitative estimate of drug-likeness (QED) is 0.725. The molecule has 2 heterocycles. The van der Waals surface area contributed by atoms with Crippen LogP contribution in [0.4, 0.5) is 0 Å². The number of ether oxygens (including phenoxy) is 1. The predicted octanol–water partition coefficient (Wildman–Crippen LogP) is 3.13. The van der Waals surface area contributed by atoms with Crippen molar-refractivity contribution in [3.05, 3.63) is 35.4 Å². The van der Waals surface area contributed by atoms with Gasteiger partial charge in [0.15, 0.2) is 0 Å². The van der Waals surface area contributed by atoms with Crippen molar-refractivity contribution in [3.8, 4) is 0 Å². The number of piperidine rings is 1. The van der Waals surface area contributed by atoms with Gasteiger partial charge in [0, 0.05) is 32.7 Å². The van der Waals surface area contributed by atoms with E-state index in [1.54, 1.807) is 0 Å². The van der Waals surface area contributed by atoms with Crippen LogP contribution in [-0.2, 0) is 22.6 Å². The molecule has 3 N–H and O–H groups in total. The van der Waals surface area contributed by atoms with Gasteiger partial charge >= 0.3 is 0 Å². The maximum atomic E-state index is 12.2. The van der Waals surface area contributed by atoms with Crippen LogP contribution in [0.15, 0.2) is 24.3 Å². The minimum atomic E-state index is -0.342. The number of halogens is 2. The molecule has 5 nitrogen and oxygen atoms in total. The lowest BCUT2D eigenvalue weighted by atomic mass is 9.91. The summed E-state index contributed by atoms with van der Waals surface area (Å²) < 4.78 is 5.64. The van der Waals surface area contributed by atoms with Gasteiger partial charge in [0.05, 0.1) is 6.10 Å². The number of rotatable bonds is 6. The number of nitrogens with one attached hydrogen (secondary N) is 1. The minimum absolute atomic E-state index is 0. The molecule has 2 unspecified atom stereocenters. The fourth-order valence-electron chi connectivity index (χ4n) is 4.32. The van der Waals surface area contributed by atoms with Gasteiger partial charge in [-0.1, -0.05) is 38.1 Å². The number of hydrogen-bond acceptors (Lipinski definition) is 4. The summed E-state index contributed by atoms with van der Waals surface area (Å²) in [5.74, 6) is 1.54. The second-order valence-corrected chi connectivity index (χ2v) is 8.23. The van der Waals surface area contributed by atoms with Crippen molar-refractivity contribution in [2.24, 2.45) is 17.6 Å². The Labute approximate surface area is 181 Å². The largest absolute Gasteiger partial charge is 0.364 e. The lowest BCUT2D eigenvalue weighted by Gasteiger charge is -2.35. The van der Waals surface area contributed by atoms with Crippen LogP contribution in [0.5, 0.6) is 0 Å². The highest BCUT2D eigenvalue weighted by Crippen LogP contribution is 2.22. The monoisotopic (exact) mass is 431 g/mol. The molecule has 0 aromatic heterocycles. The van der Waals surface area contributed by atoms with Crippen molar-refractivity contribution >= 4 is 30.7 Å². The zero-order valence-electron chi connectivity index (χ0n) is 16.9. The highest BCUT2D eigenvalue weighted by atomic mass is 35.5. The molecule has 28 heavy (non-hydrogen) atoms. The van der Waals surface area contributed by atoms with Gasteiger partial charge in [0.2, 0.25) is 5.91 Å². The maximum absolute atomic E-state index is 12.2. The Hall–Kier alpha value is -0.850. The number of nitrogens with two attached hydrogens (primary N) is 1. The van der Waals surface area contributed by atoms with Crippen LogP contribution >= 0.6 is 24.8 Å². The summed E-state index contributed by atoms with van der Waals surface area (Å²) in [7, 11) is 0. The van der Waals surface area contributed by atoms with Gasteiger partial charge in [-0.25, -0.2) is 0 Å². The van der Waals surface area contributed by atoms with E-state index in [4.69, 9.17) is 10.5 Å². The van der Waals surface area contributed by atoms with Crippen molar-refractivity contribution in [2.75, 3.05) is 19.6 Å². The number of nitrogens with zero attached hydrogens (tertiary/aromatic N) is 1. The first-order valence-corrected chi connectivity index (χ1v) is 9.97. The van der Waals surface area contributed by atoms with E-state index in [9.17, 15) is 4.79 Å². The molecule has 7 heteroatoms. The number of benzene rings is 1. The molecular weight excluding hydrogens is 397 g/mol. The van der Waals surface area contributed by atoms with Crippen LogP contribution in [-0.4, -0.2) is 42.6 Å². The summed E-state index contributed by atoms with van der Waals surface area (Å²) in [4.78, 5) is 14.7. The van der Waals surface area contributed by atoms with Gasteiger partial charge in [-0.05, 0) is 42.2 Å². The topological polar surface area (TPSA) is 67.6 Å². The molecule has 2 saturated heterocycles. The van der Waals surface area contributed by atoms with E-state index in [1.807, 2.05) is 0 Å². The van der Waals surface area contributed by atoms with Crippen LogP contribution in [0.1, 0.15) is 44.2 Å². The zero-order chi connectivity index (χ0) is 18.5. The molecule has 160 valence electrons. The van der Waals surface area contributed by atoms with Gasteiger partial charge in [0.25, 0.3) is 0 Å². The van der Waals surface area contributed by atoms with Crippen LogP contribution < -0.4 is 11.1 Å². The first-order chi connectivity index (χ1) is 12.5. The Morgan fingerprint density at radius 1 is 1.11 bits per heavy atom. The normalized spacial score (nSPS) is 27.5. The summed E-state index contributed by atoms with van der Waals surface area (Å²) in [5, 5.41) is 2.98. The Morgan fingerprint density at radius 3 is 2.29 bits per heavy atom. The number of amides is 1. The molecule has 1 amide bonds. The molecule has 4 atom stereocenters. The molecule has 2 fully saturated rings. The summed E-state index contributed by atoms with van der Waals surface area (Å²) in [5.41, 5.74) is 8.06. The number of carbonyl (C=O) groups excluding carboxylic acids is 1. The number of hydrogen-bond donors (Lipinski definition) is 2. The Morgan fingerprint density at radius 2 is 1.71 bits per heavy atom. The SMILES string of the molecule is CC1CC(C)CN(Cc2ccc(CNC(=O)[C@@H]3CC[C@H](CN)O3)cc2)C1.Cl.Cl. The smallest absolute Gasteiger partial charge is 0.249 e. The van der Waals surface area contributed by atoms with Crippen molar-refractivity contribution in [2.45, 2.75) is 58.4 Å². The first-order valence-electron chi connectivity index (χ1n) is 9.97. The third-order valence-corrected chi connectivity index (χ3v) is 5.50. The third kappa shape index (κ3) is 7.20. The molecule has 2 aliphatic rings. The lowest BCUT2D eigenvalue weighted by Crippen LogP contribution is -2.38. The van der Waals surface area contributed by atoms with E-state index < -0.39 is 0 Å². The van der Waals surface area contributed by atoms with Gasteiger partial charge in [-0.15, -0.1) is 24.8 Å². The van der Waals surface area contributed by atoms with Crippen LogP contribution in [0.3, 0.4) is 0 Å². The lowest BCUT2D eigenvalue weighted by molar-refractivity contribution is -0.132. The molecule has 1 aromatic carbocycles. The highest BCUT2D eigenvalue weighted by molar-refractivity contribution is 5.85. The summed E-state index contributed by atoms with van der Waals surface area (Å²) in [6.45, 7) is 9.11. The van der Waals surface area contributed by atoms with Crippen molar-refractivity contribution in [1.29, 1.82) is 0 Å². The molecule has 0 aliphatic carbocycles. The van der Waals surface area contributed by atoms with Crippen LogP contribution in [0.2, 0.25) is 0 Å². The maximum Gasteiger partial charge on any atom is 0.249 e. The van der Waals surface area contributed by atoms with Gasteiger partial charge < -0.3 is 15.8 Å². The average Bonchev–Trinajstić information content (AvgIpc) is 3.09. The van der Waals surface area contributed by atoms with Crippen molar-refractivity contribution in [3.63, 3.8) is 0 Å². The fraction of sp³-hybridized carbons (Fsp3) is 0.667. The number of carbonyl (C=O) groups is 1. The Bertz CT molecular complexity index is 590. The van der Waals surface area contributed by atoms with E-state index in [0.717, 1.165) is 36.8 Å². The Balaban J connectivity index is 0.00000196. The van der Waals surface area contributed by atoms with Gasteiger partial charge in [0.1, 0.15) is 6.10 Å². The summed E-state index contributed by atoms with van der Waals surface area (Å²) in [6.07, 6.45) is 2.67. The van der Waals surface area contributed by atoms with E-state index in [-0.39, 0.29) is 42.9 Å². The van der Waals surface area contributed by atoms with E-state index in [0.29, 0.717) is 13.1 Å². The standard InChI is InChI=1S/C21H33N3O2.2ClH/c1-15-9-16(2)13-24(12-15)14-18-5-3-17(4-6-18)11-23-21(25)20-8-7-19(10-22)26-20;;/h3-6,15-16,19-20H,7-14,22H2,1-2H3,(H,23,25);2*1H/t15?,16?,19-,20+;;/m1../s1. The molecule has 0 spiro atoms. The van der Waals surface area contributed by atoms with E-state index >= 15 is 0 Å². The molecular formula is C21H35Cl2N3O2. The van der Waals surface area contributed by atoms with Crippen LogP contribution in [0.25, 0.3) is 0 Å². The molecule has 3 rings (SSSR count). The molecule has 0 radical (unpaired) electrons. The van der Waals surface area contributed by atoms with Gasteiger partial charge in [-0.3, -0.25) is 9.69 Å². The van der Waals surface area contributed by atoms with Crippen molar-refractivity contribution < 1.29 is 9.53 Å². The Kier molecular flexibility index (Phi) is 10.8. The number of likely N-dealkylation sites (tertiary alicyclic amines) is 1. The fourth-order valence-corrected chi connectivity index (χ4v) is 4.32. The van der Waals surface area contributed by atoms with Crippen molar-refractivity contribution in [1.82, 2.24) is 10.2 Å². The molecule has 0 bridgehead atoms.